The lowest BCUT2D eigenvalue weighted by atomic mass is 9.87. The second-order valence-electron chi connectivity index (χ2n) is 7.62. The van der Waals surface area contributed by atoms with E-state index in [4.69, 9.17) is 0 Å². The zero-order chi connectivity index (χ0) is 22.8. The quantitative estimate of drug-likeness (QED) is 0.466. The molecule has 1 N–H and O–H groups in total. The first-order valence-corrected chi connectivity index (χ1v) is 10.1. The minimum atomic E-state index is -2.84. The number of carbonyl (C=O) groups excluding carboxylic acids is 2. The molecule has 0 radical (unpaired) electrons. The van der Waals surface area contributed by atoms with E-state index in [0.717, 1.165) is 23.1 Å². The van der Waals surface area contributed by atoms with Crippen LogP contribution in [-0.4, -0.2) is 34.8 Å². The molecule has 2 heterocycles. The van der Waals surface area contributed by atoms with Crippen LogP contribution in [0.5, 0.6) is 0 Å². The van der Waals surface area contributed by atoms with Crippen LogP contribution in [0.4, 0.5) is 23.2 Å². The molecule has 166 valence electrons. The molecule has 1 aromatic heterocycles. The molecule has 2 aromatic carbocycles. The number of likely N-dealkylation sites (tertiary alicyclic amines) is 1. The van der Waals surface area contributed by atoms with Crippen molar-refractivity contribution in [2.24, 2.45) is 0 Å². The molecule has 0 spiro atoms. The molecule has 1 saturated heterocycles. The third kappa shape index (κ3) is 4.42. The number of halogens is 4. The van der Waals surface area contributed by atoms with E-state index in [1.807, 2.05) is 6.07 Å². The number of alkyl halides is 2. The van der Waals surface area contributed by atoms with E-state index >= 15 is 0 Å². The summed E-state index contributed by atoms with van der Waals surface area (Å²) in [5.74, 6) is -3.20. The third-order valence-electron chi connectivity index (χ3n) is 5.65. The van der Waals surface area contributed by atoms with Crippen LogP contribution in [0.2, 0.25) is 0 Å². The summed E-state index contributed by atoms with van der Waals surface area (Å²) < 4.78 is 53.0. The monoisotopic (exact) mass is 445 g/mol. The summed E-state index contributed by atoms with van der Waals surface area (Å²) in [6, 6.07) is 8.85. The molecule has 0 bridgehead atoms. The summed E-state index contributed by atoms with van der Waals surface area (Å²) in [5.41, 5.74) is 0.763. The number of carbonyl (C=O) groups is 2. The van der Waals surface area contributed by atoms with Crippen LogP contribution in [0.1, 0.15) is 36.3 Å². The van der Waals surface area contributed by atoms with Gasteiger partial charge in [0.1, 0.15) is 11.6 Å². The lowest BCUT2D eigenvalue weighted by Gasteiger charge is -2.32. The highest BCUT2D eigenvalue weighted by Gasteiger charge is 2.29. The highest BCUT2D eigenvalue weighted by molar-refractivity contribution is 6.39. The molecule has 0 unspecified atom stereocenters. The van der Waals surface area contributed by atoms with Crippen LogP contribution < -0.4 is 5.32 Å². The largest absolute Gasteiger partial charge is 0.334 e. The van der Waals surface area contributed by atoms with Gasteiger partial charge >= 0.3 is 11.8 Å². The maximum atomic E-state index is 14.0. The predicted octanol–water partition coefficient (Wildman–Crippen LogP) is 4.80. The Morgan fingerprint density at radius 2 is 1.78 bits per heavy atom. The van der Waals surface area contributed by atoms with Crippen LogP contribution in [0.15, 0.2) is 48.7 Å². The Hall–Kier alpha value is -3.49. The summed E-state index contributed by atoms with van der Waals surface area (Å²) in [5, 5.41) is 2.87. The van der Waals surface area contributed by atoms with Gasteiger partial charge in [-0.15, -0.1) is 0 Å². The fourth-order valence-corrected chi connectivity index (χ4v) is 3.98. The standard InChI is InChI=1S/C23H19F4N3O2/c24-15-2-4-19-17(12-15)16(5-8-28-19)13-6-9-30(10-7-13)23(32)22(31)29-20-3-1-14(21(26)27)11-18(20)25/h1-5,8,11-13,21H,6-7,9-10H2,(H,29,31). The highest BCUT2D eigenvalue weighted by atomic mass is 19.3. The van der Waals surface area contributed by atoms with E-state index in [1.165, 1.54) is 17.0 Å². The Balaban J connectivity index is 1.41. The van der Waals surface area contributed by atoms with Gasteiger partial charge in [0, 0.05) is 30.2 Å². The maximum Gasteiger partial charge on any atom is 0.313 e. The van der Waals surface area contributed by atoms with E-state index in [-0.39, 0.29) is 17.4 Å². The van der Waals surface area contributed by atoms with Crippen molar-refractivity contribution in [1.82, 2.24) is 9.88 Å². The van der Waals surface area contributed by atoms with Crippen LogP contribution in [0.3, 0.4) is 0 Å². The number of rotatable bonds is 3. The first-order chi connectivity index (χ1) is 15.3. The van der Waals surface area contributed by atoms with Gasteiger partial charge in [-0.05, 0) is 60.7 Å². The van der Waals surface area contributed by atoms with Crippen molar-refractivity contribution in [1.29, 1.82) is 0 Å². The number of nitrogens with one attached hydrogen (secondary N) is 1. The molecule has 0 atom stereocenters. The Kier molecular flexibility index (Phi) is 6.07. The maximum absolute atomic E-state index is 14.0. The van der Waals surface area contributed by atoms with Crippen molar-refractivity contribution < 1.29 is 27.2 Å². The fourth-order valence-electron chi connectivity index (χ4n) is 3.98. The summed E-state index contributed by atoms with van der Waals surface area (Å²) in [6.07, 6.45) is -0.0572. The van der Waals surface area contributed by atoms with E-state index in [9.17, 15) is 27.2 Å². The van der Waals surface area contributed by atoms with Gasteiger partial charge in [0.15, 0.2) is 0 Å². The van der Waals surface area contributed by atoms with Gasteiger partial charge in [-0.1, -0.05) is 6.07 Å². The van der Waals surface area contributed by atoms with Gasteiger partial charge in [-0.25, -0.2) is 17.6 Å². The van der Waals surface area contributed by atoms with Crippen LogP contribution in [0, 0.1) is 11.6 Å². The third-order valence-corrected chi connectivity index (χ3v) is 5.65. The molecule has 5 nitrogen and oxygen atoms in total. The summed E-state index contributed by atoms with van der Waals surface area (Å²) in [4.78, 5) is 30.4. The molecule has 3 aromatic rings. The lowest BCUT2D eigenvalue weighted by molar-refractivity contribution is -0.143. The fraction of sp³-hybridized carbons (Fsp3) is 0.261. The Bertz CT molecular complexity index is 1180. The summed E-state index contributed by atoms with van der Waals surface area (Å²) in [7, 11) is 0. The minimum absolute atomic E-state index is 0.0637. The molecule has 4 rings (SSSR count). The zero-order valence-electron chi connectivity index (χ0n) is 16.8. The SMILES string of the molecule is O=C(Nc1ccc(C(F)F)cc1F)C(=O)N1CCC(c2ccnc3ccc(F)cc23)CC1. The van der Waals surface area contributed by atoms with Gasteiger partial charge < -0.3 is 10.2 Å². The number of fused-ring (bicyclic) bond motifs is 1. The minimum Gasteiger partial charge on any atom is -0.334 e. The Labute approximate surface area is 181 Å². The van der Waals surface area contributed by atoms with Crippen LogP contribution >= 0.6 is 0 Å². The molecule has 0 saturated carbocycles. The first kappa shape index (κ1) is 21.7. The number of anilines is 1. The van der Waals surface area contributed by atoms with Crippen molar-refractivity contribution in [3.8, 4) is 0 Å². The number of benzene rings is 2. The van der Waals surface area contributed by atoms with Gasteiger partial charge in [0.25, 0.3) is 6.43 Å². The van der Waals surface area contributed by atoms with E-state index in [1.54, 1.807) is 12.3 Å². The topological polar surface area (TPSA) is 62.3 Å². The molecular weight excluding hydrogens is 426 g/mol. The normalized spacial score (nSPS) is 14.7. The molecule has 9 heteroatoms. The molecule has 1 fully saturated rings. The van der Waals surface area contributed by atoms with Gasteiger partial charge in [0.05, 0.1) is 11.2 Å². The summed E-state index contributed by atoms with van der Waals surface area (Å²) in [6.45, 7) is 0.589. The number of hydrogen-bond donors (Lipinski definition) is 1. The average molecular weight is 445 g/mol. The molecule has 2 amide bonds. The van der Waals surface area contributed by atoms with E-state index < -0.39 is 29.6 Å². The van der Waals surface area contributed by atoms with Crippen molar-refractivity contribution >= 4 is 28.4 Å². The van der Waals surface area contributed by atoms with Crippen molar-refractivity contribution in [3.05, 3.63) is 71.4 Å². The van der Waals surface area contributed by atoms with Crippen LogP contribution in [-0.2, 0) is 9.59 Å². The lowest BCUT2D eigenvalue weighted by Crippen LogP contribution is -2.44. The predicted molar refractivity (Wildman–Crippen MR) is 110 cm³/mol. The van der Waals surface area contributed by atoms with E-state index in [0.29, 0.717) is 37.5 Å². The average Bonchev–Trinajstić information content (AvgIpc) is 2.79. The number of amides is 2. The van der Waals surface area contributed by atoms with Crippen LogP contribution in [0.25, 0.3) is 10.9 Å². The second kappa shape index (κ2) is 8.94. The van der Waals surface area contributed by atoms with Gasteiger partial charge in [0.2, 0.25) is 0 Å². The molecule has 0 aliphatic carbocycles. The molecule has 32 heavy (non-hydrogen) atoms. The number of pyridine rings is 1. The number of nitrogens with zero attached hydrogens (tertiary/aromatic N) is 2. The van der Waals surface area contributed by atoms with Gasteiger partial charge in [-0.2, -0.15) is 0 Å². The van der Waals surface area contributed by atoms with E-state index in [2.05, 4.69) is 10.3 Å². The molecule has 1 aliphatic heterocycles. The molecule has 1 aliphatic rings. The second-order valence-corrected chi connectivity index (χ2v) is 7.62. The number of aromatic nitrogens is 1. The first-order valence-electron chi connectivity index (χ1n) is 10.1. The Morgan fingerprint density at radius 1 is 1.03 bits per heavy atom. The molecular formula is C23H19F4N3O2. The highest BCUT2D eigenvalue weighted by Crippen LogP contribution is 2.33. The number of piperidine rings is 1. The Morgan fingerprint density at radius 3 is 2.47 bits per heavy atom. The zero-order valence-corrected chi connectivity index (χ0v) is 16.8. The van der Waals surface area contributed by atoms with Gasteiger partial charge in [-0.3, -0.25) is 14.6 Å². The smallest absolute Gasteiger partial charge is 0.313 e. The van der Waals surface area contributed by atoms with Crippen molar-refractivity contribution in [3.63, 3.8) is 0 Å². The van der Waals surface area contributed by atoms with Crippen molar-refractivity contribution in [2.75, 3.05) is 18.4 Å². The number of hydrogen-bond acceptors (Lipinski definition) is 3. The van der Waals surface area contributed by atoms with Crippen molar-refractivity contribution in [2.45, 2.75) is 25.2 Å². The summed E-state index contributed by atoms with van der Waals surface area (Å²) >= 11 is 0.